The Morgan fingerprint density at radius 1 is 1.27 bits per heavy atom. The van der Waals surface area contributed by atoms with Gasteiger partial charge in [-0.1, -0.05) is 13.0 Å². The quantitative estimate of drug-likeness (QED) is 0.881. The fraction of sp³-hybridized carbons (Fsp3) is 0.619. The molecule has 2 saturated heterocycles. The maximum atomic E-state index is 12.8. The highest BCUT2D eigenvalue weighted by Crippen LogP contribution is 2.23. The number of hydrogen-bond acceptors (Lipinski definition) is 3. The number of rotatable bonds is 5. The van der Waals surface area contributed by atoms with Gasteiger partial charge >= 0.3 is 0 Å². The molecule has 2 aliphatic heterocycles. The van der Waals surface area contributed by atoms with Gasteiger partial charge in [-0.15, -0.1) is 0 Å². The lowest BCUT2D eigenvalue weighted by Crippen LogP contribution is -2.53. The molecule has 5 nitrogen and oxygen atoms in total. The Hall–Kier alpha value is -1.88. The van der Waals surface area contributed by atoms with Gasteiger partial charge in [0.15, 0.2) is 0 Å². The second kappa shape index (κ2) is 7.78. The first-order chi connectivity index (χ1) is 12.3. The van der Waals surface area contributed by atoms with E-state index >= 15 is 0 Å². The molecule has 26 heavy (non-hydrogen) atoms. The zero-order chi connectivity index (χ0) is 18.7. The normalized spacial score (nSPS) is 21.9. The van der Waals surface area contributed by atoms with Gasteiger partial charge in [0.2, 0.25) is 5.91 Å². The highest BCUT2D eigenvalue weighted by atomic mass is 16.2. The maximum absolute atomic E-state index is 12.8. The van der Waals surface area contributed by atoms with Gasteiger partial charge in [-0.3, -0.25) is 9.59 Å². The Bertz CT molecular complexity index is 671. The molecule has 0 bridgehead atoms. The molecule has 2 aliphatic rings. The van der Waals surface area contributed by atoms with Crippen molar-refractivity contribution in [1.29, 1.82) is 0 Å². The van der Waals surface area contributed by atoms with Gasteiger partial charge in [0, 0.05) is 42.8 Å². The lowest BCUT2D eigenvalue weighted by Gasteiger charge is -2.37. The molecular formula is C21H31N3O2. The van der Waals surface area contributed by atoms with Crippen LogP contribution in [0.3, 0.4) is 0 Å². The Morgan fingerprint density at radius 3 is 2.77 bits per heavy atom. The van der Waals surface area contributed by atoms with Crippen molar-refractivity contribution in [3.8, 4) is 0 Å². The molecule has 1 aromatic rings. The summed E-state index contributed by atoms with van der Waals surface area (Å²) in [6, 6.07) is 7.41. The van der Waals surface area contributed by atoms with Gasteiger partial charge in [-0.25, -0.2) is 0 Å². The summed E-state index contributed by atoms with van der Waals surface area (Å²) in [4.78, 5) is 29.0. The van der Waals surface area contributed by atoms with Gasteiger partial charge < -0.3 is 15.1 Å². The summed E-state index contributed by atoms with van der Waals surface area (Å²) >= 11 is 0. The molecule has 1 N–H and O–H groups in total. The summed E-state index contributed by atoms with van der Waals surface area (Å²) in [5.41, 5.74) is 1.14. The van der Waals surface area contributed by atoms with Crippen LogP contribution in [0.2, 0.25) is 0 Å². The van der Waals surface area contributed by atoms with E-state index in [-0.39, 0.29) is 17.4 Å². The summed E-state index contributed by atoms with van der Waals surface area (Å²) < 4.78 is 0. The van der Waals surface area contributed by atoms with Crippen LogP contribution < -0.4 is 10.2 Å². The van der Waals surface area contributed by atoms with E-state index in [1.54, 1.807) is 4.90 Å². The minimum Gasteiger partial charge on any atom is -0.346 e. The molecule has 0 spiro atoms. The van der Waals surface area contributed by atoms with Crippen LogP contribution in [-0.4, -0.2) is 48.4 Å². The highest BCUT2D eigenvalue weighted by Gasteiger charge is 2.27. The molecule has 0 aromatic heterocycles. The largest absolute Gasteiger partial charge is 0.346 e. The maximum Gasteiger partial charge on any atom is 0.251 e. The first kappa shape index (κ1) is 18.9. The first-order valence-electron chi connectivity index (χ1n) is 9.79. The molecule has 5 heteroatoms. The predicted octanol–water partition coefficient (Wildman–Crippen LogP) is 3.05. The summed E-state index contributed by atoms with van der Waals surface area (Å²) in [7, 11) is 0. The second-order valence-electron chi connectivity index (χ2n) is 8.52. The Labute approximate surface area is 156 Å². The molecule has 1 unspecified atom stereocenters. The van der Waals surface area contributed by atoms with E-state index in [4.69, 9.17) is 0 Å². The summed E-state index contributed by atoms with van der Waals surface area (Å²) in [6.45, 7) is 10.3. The Balaban J connectivity index is 1.64. The van der Waals surface area contributed by atoms with Crippen molar-refractivity contribution in [2.24, 2.45) is 5.92 Å². The van der Waals surface area contributed by atoms with E-state index in [0.717, 1.165) is 44.2 Å². The summed E-state index contributed by atoms with van der Waals surface area (Å²) in [5.74, 6) is 0.792. The molecule has 1 aromatic carbocycles. The molecule has 0 radical (unpaired) electrons. The third kappa shape index (κ3) is 4.64. The second-order valence-corrected chi connectivity index (χ2v) is 8.52. The number of carbonyl (C=O) groups excluding carboxylic acids is 2. The topological polar surface area (TPSA) is 52.7 Å². The van der Waals surface area contributed by atoms with Gasteiger partial charge in [0.05, 0.1) is 0 Å². The molecule has 142 valence electrons. The SMILES string of the molecule is CC1CCCN(CC(C)(C)NC(=O)c2cccc(N3CCCC3=O)c2)C1. The van der Waals surface area contributed by atoms with Crippen molar-refractivity contribution in [2.45, 2.75) is 52.0 Å². The Kier molecular flexibility index (Phi) is 5.66. The number of anilines is 1. The van der Waals surface area contributed by atoms with Crippen LogP contribution in [0.5, 0.6) is 0 Å². The minimum absolute atomic E-state index is 0.0754. The van der Waals surface area contributed by atoms with Crippen molar-refractivity contribution in [2.75, 3.05) is 31.1 Å². The zero-order valence-corrected chi connectivity index (χ0v) is 16.3. The van der Waals surface area contributed by atoms with E-state index in [0.29, 0.717) is 12.0 Å². The molecule has 1 atom stereocenters. The minimum atomic E-state index is -0.298. The molecule has 3 rings (SSSR count). The van der Waals surface area contributed by atoms with E-state index in [2.05, 4.69) is 31.0 Å². The smallest absolute Gasteiger partial charge is 0.251 e. The van der Waals surface area contributed by atoms with Crippen LogP contribution in [0.4, 0.5) is 5.69 Å². The highest BCUT2D eigenvalue weighted by molar-refractivity contribution is 5.99. The fourth-order valence-corrected chi connectivity index (χ4v) is 4.14. The van der Waals surface area contributed by atoms with Crippen LogP contribution in [0.15, 0.2) is 24.3 Å². The van der Waals surface area contributed by atoms with Crippen LogP contribution in [-0.2, 0) is 4.79 Å². The molecule has 2 fully saturated rings. The number of nitrogens with zero attached hydrogens (tertiary/aromatic N) is 2. The van der Waals surface area contributed by atoms with Crippen LogP contribution in [0.1, 0.15) is 56.8 Å². The van der Waals surface area contributed by atoms with E-state index < -0.39 is 0 Å². The standard InChI is InChI=1S/C21H31N3O2/c1-16-7-5-11-23(14-16)15-21(2,3)22-20(26)17-8-4-9-18(13-17)24-12-6-10-19(24)25/h4,8-9,13,16H,5-7,10-12,14-15H2,1-3H3,(H,22,26). The average molecular weight is 357 g/mol. The number of nitrogens with one attached hydrogen (secondary N) is 1. The average Bonchev–Trinajstić information content (AvgIpc) is 3.00. The number of amides is 2. The van der Waals surface area contributed by atoms with E-state index in [1.807, 2.05) is 24.3 Å². The molecule has 0 saturated carbocycles. The van der Waals surface area contributed by atoms with Gasteiger partial charge in [0.1, 0.15) is 0 Å². The van der Waals surface area contributed by atoms with Crippen molar-refractivity contribution < 1.29 is 9.59 Å². The number of likely N-dealkylation sites (tertiary alicyclic amines) is 1. The molecule has 2 heterocycles. The molecule has 2 amide bonds. The van der Waals surface area contributed by atoms with Gasteiger partial charge in [-0.2, -0.15) is 0 Å². The number of hydrogen-bond donors (Lipinski definition) is 1. The van der Waals surface area contributed by atoms with Crippen molar-refractivity contribution in [3.05, 3.63) is 29.8 Å². The van der Waals surface area contributed by atoms with Crippen LogP contribution >= 0.6 is 0 Å². The third-order valence-corrected chi connectivity index (χ3v) is 5.31. The lowest BCUT2D eigenvalue weighted by molar-refractivity contribution is -0.117. The monoisotopic (exact) mass is 357 g/mol. The zero-order valence-electron chi connectivity index (χ0n) is 16.3. The molecular weight excluding hydrogens is 326 g/mol. The predicted molar refractivity (Wildman–Crippen MR) is 104 cm³/mol. The van der Waals surface area contributed by atoms with Crippen LogP contribution in [0.25, 0.3) is 0 Å². The first-order valence-corrected chi connectivity index (χ1v) is 9.79. The number of benzene rings is 1. The van der Waals surface area contributed by atoms with E-state index in [1.165, 1.54) is 12.8 Å². The molecule has 0 aliphatic carbocycles. The van der Waals surface area contributed by atoms with Crippen LogP contribution in [0, 0.1) is 5.92 Å². The third-order valence-electron chi connectivity index (χ3n) is 5.31. The number of carbonyl (C=O) groups is 2. The van der Waals surface area contributed by atoms with Crippen molar-refractivity contribution in [3.63, 3.8) is 0 Å². The fourth-order valence-electron chi connectivity index (χ4n) is 4.14. The van der Waals surface area contributed by atoms with Crippen molar-refractivity contribution in [1.82, 2.24) is 10.2 Å². The summed E-state index contributed by atoms with van der Waals surface area (Å²) in [6.07, 6.45) is 4.01. The van der Waals surface area contributed by atoms with Gasteiger partial charge in [-0.05, 0) is 63.8 Å². The summed E-state index contributed by atoms with van der Waals surface area (Å²) in [5, 5.41) is 3.18. The Morgan fingerprint density at radius 2 is 2.08 bits per heavy atom. The number of piperidine rings is 1. The van der Waals surface area contributed by atoms with E-state index in [9.17, 15) is 9.59 Å². The van der Waals surface area contributed by atoms with Gasteiger partial charge in [0.25, 0.3) is 5.91 Å². The lowest BCUT2D eigenvalue weighted by atomic mass is 9.97. The van der Waals surface area contributed by atoms with Crippen molar-refractivity contribution >= 4 is 17.5 Å².